The van der Waals surface area contributed by atoms with Crippen LogP contribution in [0.15, 0.2) is 48.5 Å². The SMILES string of the molecule is CC(Cc1ccccc1)NCc1cc(O)cc(F)c1. The summed E-state index contributed by atoms with van der Waals surface area (Å²) in [6.45, 7) is 2.63. The molecule has 1 atom stereocenters. The topological polar surface area (TPSA) is 32.3 Å². The average molecular weight is 259 g/mol. The van der Waals surface area contributed by atoms with Crippen molar-refractivity contribution in [1.82, 2.24) is 5.32 Å². The molecule has 0 saturated carbocycles. The zero-order chi connectivity index (χ0) is 13.7. The van der Waals surface area contributed by atoms with Crippen LogP contribution in [0.25, 0.3) is 0 Å². The van der Waals surface area contributed by atoms with Gasteiger partial charge in [0.15, 0.2) is 0 Å². The fourth-order valence-electron chi connectivity index (χ4n) is 2.07. The largest absolute Gasteiger partial charge is 0.508 e. The molecule has 0 heterocycles. The van der Waals surface area contributed by atoms with Crippen LogP contribution in [0.1, 0.15) is 18.1 Å². The molecule has 19 heavy (non-hydrogen) atoms. The van der Waals surface area contributed by atoms with Crippen LogP contribution in [0.4, 0.5) is 4.39 Å². The third-order valence-electron chi connectivity index (χ3n) is 2.98. The molecule has 0 aliphatic heterocycles. The minimum absolute atomic E-state index is 0.0347. The van der Waals surface area contributed by atoms with Crippen molar-refractivity contribution in [3.8, 4) is 5.75 Å². The molecule has 0 bridgehead atoms. The fourth-order valence-corrected chi connectivity index (χ4v) is 2.07. The van der Waals surface area contributed by atoms with Crippen molar-refractivity contribution in [1.29, 1.82) is 0 Å². The van der Waals surface area contributed by atoms with E-state index in [-0.39, 0.29) is 11.8 Å². The predicted molar refractivity (Wildman–Crippen MR) is 74.5 cm³/mol. The Labute approximate surface area is 112 Å². The molecule has 100 valence electrons. The summed E-state index contributed by atoms with van der Waals surface area (Å²) in [6.07, 6.45) is 0.919. The summed E-state index contributed by atoms with van der Waals surface area (Å²) in [4.78, 5) is 0. The first-order valence-corrected chi connectivity index (χ1v) is 6.39. The maximum atomic E-state index is 13.1. The first-order chi connectivity index (χ1) is 9.13. The van der Waals surface area contributed by atoms with Gasteiger partial charge in [-0.1, -0.05) is 30.3 Å². The maximum absolute atomic E-state index is 13.1. The summed E-state index contributed by atoms with van der Waals surface area (Å²) in [5.41, 5.74) is 2.02. The maximum Gasteiger partial charge on any atom is 0.127 e. The summed E-state index contributed by atoms with van der Waals surface area (Å²) < 4.78 is 13.1. The van der Waals surface area contributed by atoms with E-state index in [1.54, 1.807) is 6.07 Å². The van der Waals surface area contributed by atoms with Crippen molar-refractivity contribution in [2.75, 3.05) is 0 Å². The Morgan fingerprint density at radius 2 is 1.84 bits per heavy atom. The van der Waals surface area contributed by atoms with Crippen LogP contribution in [0.5, 0.6) is 5.75 Å². The number of rotatable bonds is 5. The van der Waals surface area contributed by atoms with Crippen molar-refractivity contribution in [3.63, 3.8) is 0 Å². The number of aromatic hydroxyl groups is 1. The molecule has 1 unspecified atom stereocenters. The van der Waals surface area contributed by atoms with Crippen molar-refractivity contribution in [3.05, 3.63) is 65.5 Å². The van der Waals surface area contributed by atoms with E-state index in [0.717, 1.165) is 18.1 Å². The van der Waals surface area contributed by atoms with Gasteiger partial charge in [0.25, 0.3) is 0 Å². The molecule has 0 spiro atoms. The Hall–Kier alpha value is -1.87. The van der Waals surface area contributed by atoms with E-state index >= 15 is 0 Å². The first-order valence-electron chi connectivity index (χ1n) is 6.39. The molecule has 0 aliphatic carbocycles. The number of nitrogens with one attached hydrogen (secondary N) is 1. The molecule has 0 aliphatic rings. The van der Waals surface area contributed by atoms with Crippen LogP contribution in [-0.2, 0) is 13.0 Å². The molecule has 0 aromatic heterocycles. The zero-order valence-electron chi connectivity index (χ0n) is 10.9. The van der Waals surface area contributed by atoms with Gasteiger partial charge in [0.2, 0.25) is 0 Å². The van der Waals surface area contributed by atoms with E-state index in [0.29, 0.717) is 6.54 Å². The molecule has 0 saturated heterocycles. The molecule has 0 amide bonds. The number of phenols is 1. The van der Waals surface area contributed by atoms with E-state index in [1.807, 2.05) is 18.2 Å². The Kier molecular flexibility index (Phi) is 4.53. The quantitative estimate of drug-likeness (QED) is 0.864. The molecule has 2 rings (SSSR count). The van der Waals surface area contributed by atoms with E-state index < -0.39 is 5.82 Å². The van der Waals surface area contributed by atoms with Crippen LogP contribution >= 0.6 is 0 Å². The summed E-state index contributed by atoms with van der Waals surface area (Å²) in [5, 5.41) is 12.7. The first kappa shape index (κ1) is 13.6. The number of hydrogen-bond acceptors (Lipinski definition) is 2. The second kappa shape index (κ2) is 6.34. The summed E-state index contributed by atoms with van der Waals surface area (Å²) in [7, 11) is 0. The molecular weight excluding hydrogens is 241 g/mol. The second-order valence-corrected chi connectivity index (χ2v) is 4.79. The number of halogens is 1. The molecule has 2 nitrogen and oxygen atoms in total. The molecule has 2 aromatic carbocycles. The highest BCUT2D eigenvalue weighted by molar-refractivity contribution is 5.28. The lowest BCUT2D eigenvalue weighted by Crippen LogP contribution is -2.27. The number of phenolic OH excluding ortho intramolecular Hbond substituents is 1. The van der Waals surface area contributed by atoms with E-state index in [9.17, 15) is 9.50 Å². The Morgan fingerprint density at radius 1 is 1.11 bits per heavy atom. The van der Waals surface area contributed by atoms with Gasteiger partial charge in [0, 0.05) is 18.7 Å². The highest BCUT2D eigenvalue weighted by Gasteiger charge is 2.04. The van der Waals surface area contributed by atoms with Crippen molar-refractivity contribution >= 4 is 0 Å². The fraction of sp³-hybridized carbons (Fsp3) is 0.250. The van der Waals surface area contributed by atoms with Crippen LogP contribution in [0, 0.1) is 5.82 Å². The summed E-state index contributed by atoms with van der Waals surface area (Å²) in [5.74, 6) is -0.444. The van der Waals surface area contributed by atoms with E-state index in [1.165, 1.54) is 11.6 Å². The Balaban J connectivity index is 1.88. The van der Waals surface area contributed by atoms with Crippen LogP contribution < -0.4 is 5.32 Å². The van der Waals surface area contributed by atoms with Crippen LogP contribution in [0.3, 0.4) is 0 Å². The summed E-state index contributed by atoms with van der Waals surface area (Å²) >= 11 is 0. The van der Waals surface area contributed by atoms with Gasteiger partial charge in [0.1, 0.15) is 11.6 Å². The summed E-state index contributed by atoms with van der Waals surface area (Å²) in [6, 6.07) is 14.6. The van der Waals surface area contributed by atoms with Gasteiger partial charge in [-0.05, 0) is 36.6 Å². The van der Waals surface area contributed by atoms with Gasteiger partial charge >= 0.3 is 0 Å². The van der Waals surface area contributed by atoms with Crippen LogP contribution in [0.2, 0.25) is 0 Å². The lowest BCUT2D eigenvalue weighted by molar-refractivity contribution is 0.466. The van der Waals surface area contributed by atoms with Crippen molar-refractivity contribution in [2.45, 2.75) is 25.9 Å². The van der Waals surface area contributed by atoms with Crippen molar-refractivity contribution < 1.29 is 9.50 Å². The van der Waals surface area contributed by atoms with Gasteiger partial charge in [0.05, 0.1) is 0 Å². The Morgan fingerprint density at radius 3 is 2.53 bits per heavy atom. The second-order valence-electron chi connectivity index (χ2n) is 4.79. The van der Waals surface area contributed by atoms with Gasteiger partial charge in [-0.15, -0.1) is 0 Å². The normalized spacial score (nSPS) is 12.3. The lowest BCUT2D eigenvalue weighted by Gasteiger charge is -2.14. The third-order valence-corrected chi connectivity index (χ3v) is 2.98. The van der Waals surface area contributed by atoms with Crippen LogP contribution in [-0.4, -0.2) is 11.1 Å². The molecule has 0 fully saturated rings. The van der Waals surface area contributed by atoms with Gasteiger partial charge in [-0.3, -0.25) is 0 Å². The van der Waals surface area contributed by atoms with Gasteiger partial charge in [-0.25, -0.2) is 4.39 Å². The standard InChI is InChI=1S/C16H18FNO/c1-12(7-13-5-3-2-4-6-13)18-11-14-8-15(17)10-16(19)9-14/h2-6,8-10,12,18-19H,7,11H2,1H3. The molecule has 3 heteroatoms. The predicted octanol–water partition coefficient (Wildman–Crippen LogP) is 3.25. The Bertz CT molecular complexity index is 507. The van der Waals surface area contributed by atoms with E-state index in [4.69, 9.17) is 0 Å². The minimum Gasteiger partial charge on any atom is -0.508 e. The minimum atomic E-state index is -0.410. The average Bonchev–Trinajstić information content (AvgIpc) is 2.36. The smallest absolute Gasteiger partial charge is 0.127 e. The number of hydrogen-bond donors (Lipinski definition) is 2. The van der Waals surface area contributed by atoms with E-state index in [2.05, 4.69) is 24.4 Å². The molecule has 0 radical (unpaired) electrons. The highest BCUT2D eigenvalue weighted by Crippen LogP contribution is 2.14. The zero-order valence-corrected chi connectivity index (χ0v) is 10.9. The highest BCUT2D eigenvalue weighted by atomic mass is 19.1. The third kappa shape index (κ3) is 4.38. The monoisotopic (exact) mass is 259 g/mol. The van der Waals surface area contributed by atoms with Gasteiger partial charge < -0.3 is 10.4 Å². The van der Waals surface area contributed by atoms with Gasteiger partial charge in [-0.2, -0.15) is 0 Å². The molecule has 2 N–H and O–H groups in total. The molecule has 2 aromatic rings. The van der Waals surface area contributed by atoms with Crippen molar-refractivity contribution in [2.24, 2.45) is 0 Å². The molecular formula is C16H18FNO. The lowest BCUT2D eigenvalue weighted by atomic mass is 10.1. The number of benzene rings is 2.